The smallest absolute Gasteiger partial charge is 0.127 e. The molecule has 8 heteroatoms. The van der Waals surface area contributed by atoms with Crippen LogP contribution >= 0.6 is 0 Å². The van der Waals surface area contributed by atoms with E-state index in [0.717, 1.165) is 95.9 Å². The largest absolute Gasteiger partial charge is 0.507 e. The molecule has 328 valence electrons. The molecule has 62 heavy (non-hydrogen) atoms. The second-order valence-corrected chi connectivity index (χ2v) is 19.4. The third kappa shape index (κ3) is 10.2. The molecule has 4 aromatic rings. The van der Waals surface area contributed by atoms with Crippen molar-refractivity contribution in [3.8, 4) is 23.0 Å². The Balaban J connectivity index is 1.38. The second kappa shape index (κ2) is 19.4. The van der Waals surface area contributed by atoms with Crippen LogP contribution in [0.15, 0.2) is 68.5 Å². The van der Waals surface area contributed by atoms with Gasteiger partial charge in [-0.05, 0) is 131 Å². The maximum atomic E-state index is 11.6. The molecule has 8 nitrogen and oxygen atoms in total. The fourth-order valence-corrected chi connectivity index (χ4v) is 9.59. The zero-order chi connectivity index (χ0) is 44.2. The summed E-state index contributed by atoms with van der Waals surface area (Å²) in [6, 6.07) is 16.3. The highest BCUT2D eigenvalue weighted by atomic mass is 16.3. The quantitative estimate of drug-likeness (QED) is 0.163. The molecule has 0 spiro atoms. The number of aliphatic imine (C=N–C) groups is 4. The summed E-state index contributed by atoms with van der Waals surface area (Å²) in [5.74, 6) is 1.41. The number of phenols is 4. The van der Waals surface area contributed by atoms with Crippen LogP contribution in [0.1, 0.15) is 197 Å². The lowest BCUT2D eigenvalue weighted by molar-refractivity contribution is 0.390. The summed E-state index contributed by atoms with van der Waals surface area (Å²) >= 11 is 0. The lowest BCUT2D eigenvalue weighted by Crippen LogP contribution is -2.27. The number of hydrogen-bond acceptors (Lipinski definition) is 8. The molecule has 0 aromatic heterocycles. The van der Waals surface area contributed by atoms with E-state index in [4.69, 9.17) is 20.0 Å². The van der Waals surface area contributed by atoms with Gasteiger partial charge in [0.25, 0.3) is 0 Å². The molecule has 2 saturated carbocycles. The monoisotopic (exact) mass is 837 g/mol. The molecule has 7 rings (SSSR count). The molecule has 1 heterocycles. The molecular weight excluding hydrogens is 769 g/mol. The van der Waals surface area contributed by atoms with Gasteiger partial charge in [0.1, 0.15) is 23.0 Å². The van der Waals surface area contributed by atoms with Crippen molar-refractivity contribution in [1.82, 2.24) is 0 Å². The summed E-state index contributed by atoms with van der Waals surface area (Å²) in [6.07, 6.45) is 16.4. The highest BCUT2D eigenvalue weighted by Crippen LogP contribution is 2.37. The summed E-state index contributed by atoms with van der Waals surface area (Å²) in [5, 5.41) is 46.4. The third-order valence-corrected chi connectivity index (χ3v) is 13.2. The normalized spacial score (nSPS) is 20.8. The van der Waals surface area contributed by atoms with Crippen molar-refractivity contribution in [2.45, 2.75) is 167 Å². The minimum Gasteiger partial charge on any atom is -0.507 e. The van der Waals surface area contributed by atoms with Gasteiger partial charge < -0.3 is 20.4 Å². The Morgan fingerprint density at radius 2 is 0.565 bits per heavy atom. The molecule has 2 aliphatic carbocycles. The van der Waals surface area contributed by atoms with E-state index in [-0.39, 0.29) is 70.8 Å². The van der Waals surface area contributed by atoms with E-state index in [9.17, 15) is 20.4 Å². The minimum atomic E-state index is -0.0677. The summed E-state index contributed by atoms with van der Waals surface area (Å²) in [4.78, 5) is 20.5. The van der Waals surface area contributed by atoms with Crippen molar-refractivity contribution in [3.05, 3.63) is 115 Å². The van der Waals surface area contributed by atoms with Crippen molar-refractivity contribution in [2.24, 2.45) is 20.0 Å². The van der Waals surface area contributed by atoms with Crippen LogP contribution in [0.5, 0.6) is 23.0 Å². The first kappa shape index (κ1) is 44.8. The van der Waals surface area contributed by atoms with Crippen LogP contribution in [0.2, 0.25) is 0 Å². The van der Waals surface area contributed by atoms with Gasteiger partial charge in [0, 0.05) is 47.1 Å². The van der Waals surface area contributed by atoms with Gasteiger partial charge in [-0.1, -0.05) is 105 Å². The Kier molecular flexibility index (Phi) is 14.0. The molecule has 0 saturated heterocycles. The number of aromatic hydroxyl groups is 4. The van der Waals surface area contributed by atoms with Gasteiger partial charge in [-0.3, -0.25) is 20.0 Å². The van der Waals surface area contributed by atoms with Crippen molar-refractivity contribution in [2.75, 3.05) is 0 Å². The summed E-state index contributed by atoms with van der Waals surface area (Å²) in [5.41, 5.74) is 10.5. The van der Waals surface area contributed by atoms with Crippen LogP contribution in [0.4, 0.5) is 0 Å². The van der Waals surface area contributed by atoms with E-state index >= 15 is 0 Å². The molecule has 4 aromatic carbocycles. The summed E-state index contributed by atoms with van der Waals surface area (Å²) in [7, 11) is 0. The molecule has 8 bridgehead atoms. The van der Waals surface area contributed by atoms with Gasteiger partial charge in [-0.25, -0.2) is 0 Å². The Morgan fingerprint density at radius 3 is 0.758 bits per heavy atom. The molecular formula is C54H68N4O4. The van der Waals surface area contributed by atoms with Gasteiger partial charge in [0.05, 0.1) is 24.2 Å². The van der Waals surface area contributed by atoms with Crippen LogP contribution in [0.3, 0.4) is 0 Å². The lowest BCUT2D eigenvalue weighted by Gasteiger charge is -2.26. The predicted molar refractivity (Wildman–Crippen MR) is 257 cm³/mol. The molecule has 2 fully saturated rings. The van der Waals surface area contributed by atoms with E-state index in [2.05, 4.69) is 79.7 Å². The zero-order valence-electron chi connectivity index (χ0n) is 38.2. The first-order chi connectivity index (χ1) is 29.7. The van der Waals surface area contributed by atoms with Crippen LogP contribution in [-0.2, 0) is 12.8 Å². The second-order valence-electron chi connectivity index (χ2n) is 19.4. The maximum Gasteiger partial charge on any atom is 0.127 e. The summed E-state index contributed by atoms with van der Waals surface area (Å²) in [6.45, 7) is 16.8. The fraction of sp³-hybridized carbons (Fsp3) is 0.481. The fourth-order valence-electron chi connectivity index (χ4n) is 9.59. The standard InChI is InChI=1S/C54H68N4O4/c1-31(2)43-23-35-17-36-20-40(52(60)44(24-36)32(3)4)28-57-49-15-11-12-16-50(49)58-30-42-22-38(26-46(34(7)8)54(42)62)18-37-21-41(53(61)45(25-37)33(5)6)29-56-48-14-10-9-13-47(48)55-27-39(19-35)51(43)59/h19-34,47-50,59-62H,9-18H2,1-8H3/t47-,48-,49-,50-/m0/s1. The van der Waals surface area contributed by atoms with Gasteiger partial charge in [0.15, 0.2) is 0 Å². The average molecular weight is 837 g/mol. The van der Waals surface area contributed by atoms with Gasteiger partial charge >= 0.3 is 0 Å². The van der Waals surface area contributed by atoms with Crippen molar-refractivity contribution in [1.29, 1.82) is 0 Å². The van der Waals surface area contributed by atoms with Crippen LogP contribution in [-0.4, -0.2) is 69.5 Å². The molecule has 4 N–H and O–H groups in total. The topological polar surface area (TPSA) is 130 Å². The van der Waals surface area contributed by atoms with E-state index in [1.54, 1.807) is 0 Å². The number of nitrogens with zero attached hydrogens (tertiary/aromatic N) is 4. The summed E-state index contributed by atoms with van der Waals surface area (Å²) < 4.78 is 0. The first-order valence-electron chi connectivity index (χ1n) is 23.2. The number of benzene rings is 4. The van der Waals surface area contributed by atoms with Crippen LogP contribution < -0.4 is 0 Å². The Bertz CT molecular complexity index is 2040. The molecule has 1 aliphatic heterocycles. The SMILES string of the molecule is CC(C)c1cc2cc(c1O)C=N[C@H]1CCCC[C@@H]1N=Cc1cc(cc(C(C)C)c1O)Cc1cc(c(O)c(C(C)C)c1)C=N[C@H]1CCCC[C@@H]1N=Cc1cc(cc(C(C)C)c1O)C2. The van der Waals surface area contributed by atoms with Crippen LogP contribution in [0.25, 0.3) is 0 Å². The van der Waals surface area contributed by atoms with Gasteiger partial charge in [-0.15, -0.1) is 0 Å². The van der Waals surface area contributed by atoms with Gasteiger partial charge in [-0.2, -0.15) is 0 Å². The lowest BCUT2D eigenvalue weighted by atomic mass is 9.89. The Hall–Kier alpha value is -5.24. The molecule has 0 amide bonds. The number of fused-ring (bicyclic) bond motifs is 10. The van der Waals surface area contributed by atoms with Crippen molar-refractivity contribution in [3.63, 3.8) is 0 Å². The van der Waals surface area contributed by atoms with E-state index in [0.29, 0.717) is 35.1 Å². The van der Waals surface area contributed by atoms with Crippen molar-refractivity contribution >= 4 is 24.9 Å². The van der Waals surface area contributed by atoms with Crippen LogP contribution in [0, 0.1) is 0 Å². The van der Waals surface area contributed by atoms with E-state index < -0.39 is 0 Å². The number of rotatable bonds is 4. The molecule has 4 atom stereocenters. The molecule has 0 radical (unpaired) electrons. The van der Waals surface area contributed by atoms with E-state index in [1.807, 2.05) is 49.1 Å². The average Bonchev–Trinajstić information content (AvgIpc) is 3.23. The zero-order valence-corrected chi connectivity index (χ0v) is 38.2. The maximum absolute atomic E-state index is 11.6. The number of phenolic OH excluding ortho intramolecular Hbond substituents is 4. The van der Waals surface area contributed by atoms with E-state index in [1.165, 1.54) is 0 Å². The highest BCUT2D eigenvalue weighted by Gasteiger charge is 2.26. The molecule has 0 unspecified atom stereocenters. The first-order valence-corrected chi connectivity index (χ1v) is 23.2. The third-order valence-electron chi connectivity index (χ3n) is 13.2. The highest BCUT2D eigenvalue weighted by molar-refractivity contribution is 5.88. The Labute approximate surface area is 369 Å². The Morgan fingerprint density at radius 1 is 0.355 bits per heavy atom. The van der Waals surface area contributed by atoms with Gasteiger partial charge in [0.2, 0.25) is 0 Å². The van der Waals surface area contributed by atoms with Crippen molar-refractivity contribution < 1.29 is 20.4 Å². The minimum absolute atomic E-state index is 0.0677. The predicted octanol–water partition coefficient (Wildman–Crippen LogP) is 12.2. The number of hydrogen-bond donors (Lipinski definition) is 4. The molecule has 3 aliphatic rings.